The number of rotatable bonds is 4. The van der Waals surface area contributed by atoms with E-state index < -0.39 is 0 Å². The molecule has 2 rings (SSSR count). The Morgan fingerprint density at radius 2 is 2.11 bits per heavy atom. The maximum atomic E-state index is 11.9. The fourth-order valence-corrected chi connectivity index (χ4v) is 2.67. The van der Waals surface area contributed by atoms with Crippen LogP contribution in [0.15, 0.2) is 0 Å². The molecule has 0 aromatic carbocycles. The van der Waals surface area contributed by atoms with Gasteiger partial charge in [0.15, 0.2) is 0 Å². The van der Waals surface area contributed by atoms with Crippen LogP contribution >= 0.6 is 0 Å². The third-order valence-electron chi connectivity index (χ3n) is 4.11. The van der Waals surface area contributed by atoms with Crippen molar-refractivity contribution in [2.24, 2.45) is 0 Å². The number of amides is 1. The second kappa shape index (κ2) is 6.50. The molecule has 0 bridgehead atoms. The number of nitrogens with zero attached hydrogens (tertiary/aromatic N) is 2. The minimum absolute atomic E-state index is 0.0460. The van der Waals surface area contributed by atoms with Gasteiger partial charge in [0.1, 0.15) is 0 Å². The van der Waals surface area contributed by atoms with Crippen LogP contribution in [0, 0.1) is 0 Å². The standard InChI is InChI=1S/C13H26N4O/c1-11(17-8-6-16(2)7-9-17)10-15-13(18)12-4-3-5-14-12/h11-12,14H,3-10H2,1-2H3,(H,15,18). The molecule has 5 heteroatoms. The van der Waals surface area contributed by atoms with Crippen molar-refractivity contribution in [3.63, 3.8) is 0 Å². The highest BCUT2D eigenvalue weighted by atomic mass is 16.2. The molecule has 2 saturated heterocycles. The molecule has 0 aliphatic carbocycles. The topological polar surface area (TPSA) is 47.6 Å². The summed E-state index contributed by atoms with van der Waals surface area (Å²) in [5, 5.41) is 6.31. The molecule has 18 heavy (non-hydrogen) atoms. The maximum absolute atomic E-state index is 11.9. The lowest BCUT2D eigenvalue weighted by molar-refractivity contribution is -0.123. The average Bonchev–Trinajstić information content (AvgIpc) is 2.90. The molecule has 2 heterocycles. The van der Waals surface area contributed by atoms with Crippen LogP contribution in [0.3, 0.4) is 0 Å². The van der Waals surface area contributed by atoms with Crippen LogP contribution in [-0.2, 0) is 4.79 Å². The van der Waals surface area contributed by atoms with Gasteiger partial charge in [-0.1, -0.05) is 0 Å². The van der Waals surface area contributed by atoms with E-state index in [0.29, 0.717) is 6.04 Å². The third-order valence-corrected chi connectivity index (χ3v) is 4.11. The van der Waals surface area contributed by atoms with Crippen molar-refractivity contribution in [3.05, 3.63) is 0 Å². The van der Waals surface area contributed by atoms with Gasteiger partial charge in [-0.25, -0.2) is 0 Å². The number of carbonyl (C=O) groups is 1. The lowest BCUT2D eigenvalue weighted by Crippen LogP contribution is -2.52. The molecular formula is C13H26N4O. The molecule has 5 nitrogen and oxygen atoms in total. The van der Waals surface area contributed by atoms with Gasteiger partial charge in [0.2, 0.25) is 5.91 Å². The van der Waals surface area contributed by atoms with Crippen LogP contribution in [-0.4, -0.2) is 74.1 Å². The molecule has 0 saturated carbocycles. The summed E-state index contributed by atoms with van der Waals surface area (Å²) in [5.41, 5.74) is 0. The second-order valence-electron chi connectivity index (χ2n) is 5.58. The first kappa shape index (κ1) is 13.8. The summed E-state index contributed by atoms with van der Waals surface area (Å²) >= 11 is 0. The Labute approximate surface area is 110 Å². The molecule has 0 aromatic rings. The van der Waals surface area contributed by atoms with Crippen LogP contribution in [0.5, 0.6) is 0 Å². The van der Waals surface area contributed by atoms with Crippen molar-refractivity contribution in [1.29, 1.82) is 0 Å². The van der Waals surface area contributed by atoms with Crippen LogP contribution in [0.2, 0.25) is 0 Å². The van der Waals surface area contributed by atoms with E-state index >= 15 is 0 Å². The van der Waals surface area contributed by atoms with Gasteiger partial charge in [-0.15, -0.1) is 0 Å². The molecule has 2 atom stereocenters. The highest BCUT2D eigenvalue weighted by molar-refractivity contribution is 5.82. The molecule has 2 N–H and O–H groups in total. The van der Waals surface area contributed by atoms with Gasteiger partial charge < -0.3 is 15.5 Å². The Morgan fingerprint density at radius 1 is 1.39 bits per heavy atom. The van der Waals surface area contributed by atoms with Gasteiger partial charge in [-0.05, 0) is 33.4 Å². The molecule has 2 fully saturated rings. The van der Waals surface area contributed by atoms with Gasteiger partial charge in [-0.2, -0.15) is 0 Å². The maximum Gasteiger partial charge on any atom is 0.237 e. The van der Waals surface area contributed by atoms with Crippen molar-refractivity contribution in [2.45, 2.75) is 31.8 Å². The number of hydrogen-bond acceptors (Lipinski definition) is 4. The minimum atomic E-state index is 0.0460. The Kier molecular flexibility index (Phi) is 4.97. The largest absolute Gasteiger partial charge is 0.353 e. The summed E-state index contributed by atoms with van der Waals surface area (Å²) in [6, 6.07) is 0.480. The number of nitrogens with one attached hydrogen (secondary N) is 2. The molecule has 2 aliphatic rings. The number of piperazine rings is 1. The summed E-state index contributed by atoms with van der Waals surface area (Å²) < 4.78 is 0. The van der Waals surface area contributed by atoms with Gasteiger partial charge in [0.05, 0.1) is 6.04 Å². The van der Waals surface area contributed by atoms with Gasteiger partial charge in [-0.3, -0.25) is 9.69 Å². The Morgan fingerprint density at radius 3 is 2.72 bits per heavy atom. The smallest absolute Gasteiger partial charge is 0.237 e. The quantitative estimate of drug-likeness (QED) is 0.709. The molecule has 2 aliphatic heterocycles. The van der Waals surface area contributed by atoms with E-state index in [2.05, 4.69) is 34.4 Å². The van der Waals surface area contributed by atoms with Gasteiger partial charge in [0.25, 0.3) is 0 Å². The predicted molar refractivity (Wildman–Crippen MR) is 72.6 cm³/mol. The Balaban J connectivity index is 1.67. The third kappa shape index (κ3) is 3.67. The SMILES string of the molecule is CC(CNC(=O)C1CCCN1)N1CCN(C)CC1. The van der Waals surface area contributed by atoms with E-state index in [-0.39, 0.29) is 11.9 Å². The number of carbonyl (C=O) groups excluding carboxylic acids is 1. The fraction of sp³-hybridized carbons (Fsp3) is 0.923. The summed E-state index contributed by atoms with van der Waals surface area (Å²) in [7, 11) is 2.16. The normalized spacial score (nSPS) is 28.2. The summed E-state index contributed by atoms with van der Waals surface area (Å²) in [4.78, 5) is 16.7. The number of hydrogen-bond donors (Lipinski definition) is 2. The fourth-order valence-electron chi connectivity index (χ4n) is 2.67. The van der Waals surface area contributed by atoms with E-state index in [1.807, 2.05) is 0 Å². The molecule has 1 amide bonds. The predicted octanol–water partition coefficient (Wildman–Crippen LogP) is -0.509. The first-order chi connectivity index (χ1) is 8.66. The summed E-state index contributed by atoms with van der Waals surface area (Å²) in [6.07, 6.45) is 2.10. The van der Waals surface area contributed by atoms with Crippen LogP contribution in [0.25, 0.3) is 0 Å². The van der Waals surface area contributed by atoms with E-state index in [0.717, 1.165) is 52.1 Å². The number of likely N-dealkylation sites (N-methyl/N-ethyl adjacent to an activating group) is 1. The van der Waals surface area contributed by atoms with E-state index in [9.17, 15) is 4.79 Å². The van der Waals surface area contributed by atoms with E-state index in [1.165, 1.54) is 0 Å². The van der Waals surface area contributed by atoms with Gasteiger partial charge >= 0.3 is 0 Å². The zero-order chi connectivity index (χ0) is 13.0. The second-order valence-corrected chi connectivity index (χ2v) is 5.58. The zero-order valence-electron chi connectivity index (χ0n) is 11.6. The highest BCUT2D eigenvalue weighted by Crippen LogP contribution is 2.06. The van der Waals surface area contributed by atoms with Crippen molar-refractivity contribution in [2.75, 3.05) is 46.3 Å². The Bertz CT molecular complexity index is 270. The molecule has 2 unspecified atom stereocenters. The van der Waals surface area contributed by atoms with E-state index in [4.69, 9.17) is 0 Å². The molecular weight excluding hydrogens is 228 g/mol. The first-order valence-electron chi connectivity index (χ1n) is 7.10. The van der Waals surface area contributed by atoms with Crippen LogP contribution in [0.4, 0.5) is 0 Å². The lowest BCUT2D eigenvalue weighted by Gasteiger charge is -2.36. The van der Waals surface area contributed by atoms with Crippen molar-refractivity contribution >= 4 is 5.91 Å². The summed E-state index contributed by atoms with van der Waals surface area (Å²) in [5.74, 6) is 0.175. The molecule has 104 valence electrons. The minimum Gasteiger partial charge on any atom is -0.353 e. The Hall–Kier alpha value is -0.650. The monoisotopic (exact) mass is 254 g/mol. The van der Waals surface area contributed by atoms with Crippen molar-refractivity contribution < 1.29 is 4.79 Å². The molecule has 0 radical (unpaired) electrons. The van der Waals surface area contributed by atoms with Gasteiger partial charge in [0, 0.05) is 38.8 Å². The zero-order valence-corrected chi connectivity index (χ0v) is 11.6. The van der Waals surface area contributed by atoms with E-state index in [1.54, 1.807) is 0 Å². The average molecular weight is 254 g/mol. The molecule has 0 aromatic heterocycles. The van der Waals surface area contributed by atoms with Crippen molar-refractivity contribution in [3.8, 4) is 0 Å². The van der Waals surface area contributed by atoms with Crippen LogP contribution in [0.1, 0.15) is 19.8 Å². The first-order valence-corrected chi connectivity index (χ1v) is 7.10. The van der Waals surface area contributed by atoms with Crippen LogP contribution < -0.4 is 10.6 Å². The van der Waals surface area contributed by atoms with Crippen molar-refractivity contribution in [1.82, 2.24) is 20.4 Å². The summed E-state index contributed by atoms with van der Waals surface area (Å²) in [6.45, 7) is 8.41. The molecule has 0 spiro atoms. The lowest BCUT2D eigenvalue weighted by atomic mass is 10.2. The highest BCUT2D eigenvalue weighted by Gasteiger charge is 2.23.